The number of phosphoric ester groups is 1. The Hall–Kier alpha value is -2.09. The van der Waals surface area contributed by atoms with E-state index in [1.165, 1.54) is 0 Å². The minimum Gasteiger partial charge on any atom is -0.480 e. The zero-order valence-electron chi connectivity index (χ0n) is 20.2. The third-order valence-electron chi connectivity index (χ3n) is 5.73. The van der Waals surface area contributed by atoms with Crippen LogP contribution in [0.5, 0.6) is 5.75 Å². The molecule has 0 aliphatic heterocycles. The molecule has 0 heterocycles. The van der Waals surface area contributed by atoms with Crippen molar-refractivity contribution in [3.63, 3.8) is 0 Å². The quantitative estimate of drug-likeness (QED) is 0.400. The van der Waals surface area contributed by atoms with Gasteiger partial charge in [0.2, 0.25) is 0 Å². The van der Waals surface area contributed by atoms with Crippen LogP contribution in [0, 0.1) is 0 Å². The first kappa shape index (κ1) is 26.5. The van der Waals surface area contributed by atoms with E-state index in [1.54, 1.807) is 45.0 Å². The van der Waals surface area contributed by atoms with Crippen LogP contribution in [0.1, 0.15) is 77.7 Å². The van der Waals surface area contributed by atoms with Gasteiger partial charge in [-0.15, -0.1) is 0 Å². The number of carbonyl (C=O) groups is 2. The zero-order chi connectivity index (χ0) is 24.8. The Morgan fingerprint density at radius 3 is 1.94 bits per heavy atom. The molecule has 0 aromatic heterocycles. The zero-order valence-corrected chi connectivity index (χ0v) is 21.1. The predicted octanol–water partition coefficient (Wildman–Crippen LogP) is 5.61. The Morgan fingerprint density at radius 2 is 1.50 bits per heavy atom. The molecule has 190 valence electrons. The molecule has 0 spiro atoms. The third-order valence-corrected chi connectivity index (χ3v) is 7.28. The first-order chi connectivity index (χ1) is 16.0. The fourth-order valence-electron chi connectivity index (χ4n) is 4.12. The molecule has 2 fully saturated rings. The van der Waals surface area contributed by atoms with E-state index in [1.807, 2.05) is 0 Å². The molecule has 3 rings (SSSR count). The molecule has 0 bridgehead atoms. The number of hydrogen-bond donors (Lipinski definition) is 2. The molecule has 1 aromatic carbocycles. The molecular formula is C24H36NO8P. The van der Waals surface area contributed by atoms with Crippen LogP contribution in [-0.2, 0) is 29.6 Å². The van der Waals surface area contributed by atoms with Crippen LogP contribution in [0.2, 0.25) is 0 Å². The highest BCUT2D eigenvalue weighted by atomic mass is 31.2. The van der Waals surface area contributed by atoms with Crippen LogP contribution in [0.25, 0.3) is 0 Å². The van der Waals surface area contributed by atoms with Crippen LogP contribution in [-0.4, -0.2) is 41.0 Å². The number of carboxylic acids is 1. The average Bonchev–Trinajstić information content (AvgIpc) is 3.41. The molecule has 2 aliphatic rings. The highest BCUT2D eigenvalue weighted by molar-refractivity contribution is 7.49. The lowest BCUT2D eigenvalue weighted by Crippen LogP contribution is -2.44. The molecule has 34 heavy (non-hydrogen) atoms. The molecule has 0 radical (unpaired) electrons. The van der Waals surface area contributed by atoms with Gasteiger partial charge in [-0.2, -0.15) is 0 Å². The van der Waals surface area contributed by atoms with E-state index in [-0.39, 0.29) is 18.6 Å². The van der Waals surface area contributed by atoms with Gasteiger partial charge in [0.15, 0.2) is 0 Å². The third kappa shape index (κ3) is 8.60. The van der Waals surface area contributed by atoms with Gasteiger partial charge < -0.3 is 19.7 Å². The molecule has 1 aromatic rings. The largest absolute Gasteiger partial charge is 0.530 e. The Morgan fingerprint density at radius 1 is 1.00 bits per heavy atom. The summed E-state index contributed by atoms with van der Waals surface area (Å²) in [6.45, 7) is 5.10. The predicted molar refractivity (Wildman–Crippen MR) is 126 cm³/mol. The van der Waals surface area contributed by atoms with E-state index in [0.29, 0.717) is 11.3 Å². The molecule has 0 saturated heterocycles. The second-order valence-corrected chi connectivity index (χ2v) is 11.4. The van der Waals surface area contributed by atoms with Crippen molar-refractivity contribution in [3.8, 4) is 5.75 Å². The molecule has 10 heteroatoms. The summed E-state index contributed by atoms with van der Waals surface area (Å²) in [6.07, 6.45) is 6.44. The van der Waals surface area contributed by atoms with Gasteiger partial charge in [0.25, 0.3) is 0 Å². The molecular weight excluding hydrogens is 461 g/mol. The Kier molecular flexibility index (Phi) is 9.01. The van der Waals surface area contributed by atoms with Crippen molar-refractivity contribution in [1.82, 2.24) is 5.32 Å². The van der Waals surface area contributed by atoms with Crippen LogP contribution in [0.15, 0.2) is 24.3 Å². The summed E-state index contributed by atoms with van der Waals surface area (Å²) in [5.41, 5.74) is -0.0830. The summed E-state index contributed by atoms with van der Waals surface area (Å²) in [5.74, 6) is -0.860. The van der Waals surface area contributed by atoms with Crippen LogP contribution in [0.3, 0.4) is 0 Å². The maximum absolute atomic E-state index is 13.5. The lowest BCUT2D eigenvalue weighted by molar-refractivity contribution is -0.139. The van der Waals surface area contributed by atoms with Gasteiger partial charge >= 0.3 is 19.9 Å². The Labute approximate surface area is 201 Å². The minimum absolute atomic E-state index is 0.0453. The van der Waals surface area contributed by atoms with Gasteiger partial charge in [0.1, 0.15) is 17.4 Å². The first-order valence-electron chi connectivity index (χ1n) is 12.0. The van der Waals surface area contributed by atoms with Crippen molar-refractivity contribution in [2.24, 2.45) is 0 Å². The number of rotatable bonds is 10. The highest BCUT2D eigenvalue weighted by Gasteiger charge is 2.37. The summed E-state index contributed by atoms with van der Waals surface area (Å²) >= 11 is 0. The van der Waals surface area contributed by atoms with Crippen molar-refractivity contribution >= 4 is 19.9 Å². The maximum atomic E-state index is 13.5. The van der Waals surface area contributed by atoms with E-state index in [9.17, 15) is 19.3 Å². The summed E-state index contributed by atoms with van der Waals surface area (Å²) in [5, 5.41) is 11.9. The van der Waals surface area contributed by atoms with Crippen molar-refractivity contribution in [2.75, 3.05) is 0 Å². The van der Waals surface area contributed by atoms with Gasteiger partial charge in [-0.1, -0.05) is 37.8 Å². The fraction of sp³-hybridized carbons (Fsp3) is 0.667. The molecule has 2 N–H and O–H groups in total. The molecule has 2 saturated carbocycles. The van der Waals surface area contributed by atoms with Crippen LogP contribution in [0.4, 0.5) is 4.79 Å². The molecule has 1 amide bonds. The normalized spacial score (nSPS) is 18.6. The average molecular weight is 498 g/mol. The van der Waals surface area contributed by atoms with Crippen LogP contribution < -0.4 is 9.84 Å². The first-order valence-corrected chi connectivity index (χ1v) is 13.5. The number of amides is 1. The van der Waals surface area contributed by atoms with Gasteiger partial charge in [-0.05, 0) is 64.2 Å². The number of aliphatic carboxylic acids is 1. The number of hydrogen-bond acceptors (Lipinski definition) is 7. The Bertz CT molecular complexity index is 848. The van der Waals surface area contributed by atoms with Crippen molar-refractivity contribution < 1.29 is 37.6 Å². The number of alkyl carbamates (subject to hydrolysis) is 1. The monoisotopic (exact) mass is 497 g/mol. The molecule has 2 aliphatic carbocycles. The number of benzene rings is 1. The number of ether oxygens (including phenoxy) is 1. The van der Waals surface area contributed by atoms with Crippen molar-refractivity contribution in [3.05, 3.63) is 29.8 Å². The van der Waals surface area contributed by atoms with Gasteiger partial charge in [-0.3, -0.25) is 9.05 Å². The van der Waals surface area contributed by atoms with E-state index >= 15 is 0 Å². The maximum Gasteiger partial charge on any atom is 0.530 e. The lowest BCUT2D eigenvalue weighted by atomic mass is 10.1. The summed E-state index contributed by atoms with van der Waals surface area (Å²) in [4.78, 5) is 23.6. The van der Waals surface area contributed by atoms with E-state index in [0.717, 1.165) is 51.4 Å². The van der Waals surface area contributed by atoms with Gasteiger partial charge in [-0.25, -0.2) is 14.2 Å². The van der Waals surface area contributed by atoms with Crippen molar-refractivity contribution in [2.45, 2.75) is 102 Å². The minimum atomic E-state index is -3.80. The van der Waals surface area contributed by atoms with E-state index in [4.69, 9.17) is 18.3 Å². The summed E-state index contributed by atoms with van der Waals surface area (Å²) in [6, 6.07) is 5.37. The van der Waals surface area contributed by atoms with Gasteiger partial charge in [0, 0.05) is 6.42 Å². The standard InChI is InChI=1S/C24H36NO8P/c1-24(2,3)30-23(28)25-21(22(26)27)16-17-12-14-20(15-13-17)33-34(29,31-18-8-4-5-9-18)32-19-10-6-7-11-19/h12-15,18-19,21H,4-11,16H2,1-3H3,(H,25,28)(H,26,27)/t21-/m0/s1. The van der Waals surface area contributed by atoms with Crippen molar-refractivity contribution in [1.29, 1.82) is 0 Å². The summed E-state index contributed by atoms with van der Waals surface area (Å²) in [7, 11) is -3.80. The van der Waals surface area contributed by atoms with Gasteiger partial charge in [0.05, 0.1) is 12.2 Å². The number of nitrogens with one attached hydrogen (secondary N) is 1. The van der Waals surface area contributed by atoms with Crippen LogP contribution >= 0.6 is 7.82 Å². The molecule has 0 unspecified atom stereocenters. The van der Waals surface area contributed by atoms with E-state index in [2.05, 4.69) is 5.32 Å². The summed E-state index contributed by atoms with van der Waals surface area (Å²) < 4.78 is 36.1. The number of carbonyl (C=O) groups excluding carboxylic acids is 1. The highest BCUT2D eigenvalue weighted by Crippen LogP contribution is 2.54. The second-order valence-electron chi connectivity index (χ2n) is 9.95. The fourth-order valence-corrected chi connectivity index (χ4v) is 5.79. The Balaban J connectivity index is 1.63. The number of carboxylic acid groups (broad SMARTS) is 1. The lowest BCUT2D eigenvalue weighted by Gasteiger charge is -2.24. The second kappa shape index (κ2) is 11.6. The van der Waals surface area contributed by atoms with E-state index < -0.39 is 31.5 Å². The smallest absolute Gasteiger partial charge is 0.480 e. The SMILES string of the molecule is CC(C)(C)OC(=O)N[C@@H](Cc1ccc(OP(=O)(OC2CCCC2)OC2CCCC2)cc1)C(=O)O. The topological polar surface area (TPSA) is 120 Å². The molecule has 9 nitrogen and oxygen atoms in total. The molecule has 1 atom stereocenters. The number of phosphoric acid groups is 1.